The number of aliphatic hydroxyl groups is 1. The Bertz CT molecular complexity index is 313. The highest BCUT2D eigenvalue weighted by molar-refractivity contribution is 5.84. The van der Waals surface area contributed by atoms with Crippen molar-refractivity contribution in [3.63, 3.8) is 0 Å². The second-order valence-electron chi connectivity index (χ2n) is 6.03. The highest BCUT2D eigenvalue weighted by atomic mass is 16.3. The lowest BCUT2D eigenvalue weighted by molar-refractivity contribution is -0.167. The van der Waals surface area contributed by atoms with Crippen molar-refractivity contribution in [2.75, 3.05) is 26.2 Å². The smallest absolute Gasteiger partial charge is 0.230 e. The van der Waals surface area contributed by atoms with Crippen LogP contribution in [0.3, 0.4) is 0 Å². The zero-order valence-corrected chi connectivity index (χ0v) is 9.83. The Morgan fingerprint density at radius 2 is 2.12 bits per heavy atom. The second-order valence-corrected chi connectivity index (χ2v) is 6.03. The molecule has 3 fully saturated rings. The average molecular weight is 224 g/mol. The van der Waals surface area contributed by atoms with E-state index < -0.39 is 5.60 Å². The highest BCUT2D eigenvalue weighted by Gasteiger charge is 2.55. The minimum Gasteiger partial charge on any atom is -0.386 e. The molecule has 1 saturated carbocycles. The van der Waals surface area contributed by atoms with Crippen molar-refractivity contribution in [3.05, 3.63) is 0 Å². The van der Waals surface area contributed by atoms with Gasteiger partial charge in [0.05, 0.1) is 18.5 Å². The minimum atomic E-state index is -0.544. The molecule has 1 atom stereocenters. The van der Waals surface area contributed by atoms with Gasteiger partial charge in [-0.05, 0) is 38.6 Å². The maximum Gasteiger partial charge on any atom is 0.230 e. The summed E-state index contributed by atoms with van der Waals surface area (Å²) in [5, 5.41) is 13.4. The van der Waals surface area contributed by atoms with E-state index >= 15 is 0 Å². The molecule has 3 rings (SSSR count). The summed E-state index contributed by atoms with van der Waals surface area (Å²) < 4.78 is 0. The van der Waals surface area contributed by atoms with Crippen molar-refractivity contribution in [2.24, 2.45) is 11.3 Å². The summed E-state index contributed by atoms with van der Waals surface area (Å²) in [6, 6.07) is 0. The molecule has 2 N–H and O–H groups in total. The fourth-order valence-corrected chi connectivity index (χ4v) is 3.02. The van der Waals surface area contributed by atoms with Crippen molar-refractivity contribution >= 4 is 5.91 Å². The lowest BCUT2D eigenvalue weighted by Crippen LogP contribution is -2.66. The quantitative estimate of drug-likeness (QED) is 0.692. The third-order valence-corrected chi connectivity index (χ3v) is 4.44. The van der Waals surface area contributed by atoms with Crippen LogP contribution in [0.5, 0.6) is 0 Å². The number of rotatable bonds is 2. The summed E-state index contributed by atoms with van der Waals surface area (Å²) in [7, 11) is 0. The number of likely N-dealkylation sites (tertiary alicyclic amines) is 1. The van der Waals surface area contributed by atoms with Crippen molar-refractivity contribution < 1.29 is 9.90 Å². The Morgan fingerprint density at radius 3 is 2.62 bits per heavy atom. The number of hydrogen-bond donors (Lipinski definition) is 2. The van der Waals surface area contributed by atoms with E-state index in [0.29, 0.717) is 19.0 Å². The summed E-state index contributed by atoms with van der Waals surface area (Å²) in [6.07, 6.45) is 3.19. The molecule has 0 bridgehead atoms. The van der Waals surface area contributed by atoms with Gasteiger partial charge in [-0.25, -0.2) is 0 Å². The van der Waals surface area contributed by atoms with Crippen LogP contribution in [-0.2, 0) is 4.79 Å². The monoisotopic (exact) mass is 224 g/mol. The Labute approximate surface area is 96.0 Å². The molecule has 4 nitrogen and oxygen atoms in total. The van der Waals surface area contributed by atoms with Crippen LogP contribution in [0.2, 0.25) is 0 Å². The minimum absolute atomic E-state index is 0.225. The van der Waals surface area contributed by atoms with Crippen molar-refractivity contribution in [3.8, 4) is 0 Å². The maximum atomic E-state index is 12.3. The zero-order chi connectivity index (χ0) is 11.4. The van der Waals surface area contributed by atoms with Crippen LogP contribution in [0.15, 0.2) is 0 Å². The number of carbonyl (C=O) groups is 1. The Hall–Kier alpha value is -0.610. The van der Waals surface area contributed by atoms with Gasteiger partial charge in [0.25, 0.3) is 0 Å². The molecule has 3 aliphatic rings. The molecule has 90 valence electrons. The van der Waals surface area contributed by atoms with Gasteiger partial charge in [0.2, 0.25) is 5.91 Å². The molecular weight excluding hydrogens is 204 g/mol. The summed E-state index contributed by atoms with van der Waals surface area (Å²) in [5.41, 5.74) is -0.775. The summed E-state index contributed by atoms with van der Waals surface area (Å²) in [4.78, 5) is 14.1. The Balaban J connectivity index is 1.61. The number of hydrogen-bond acceptors (Lipinski definition) is 3. The van der Waals surface area contributed by atoms with Gasteiger partial charge in [-0.15, -0.1) is 0 Å². The van der Waals surface area contributed by atoms with E-state index in [0.717, 1.165) is 32.4 Å². The van der Waals surface area contributed by atoms with Gasteiger partial charge >= 0.3 is 0 Å². The summed E-state index contributed by atoms with van der Waals surface area (Å²) in [6.45, 7) is 4.87. The largest absolute Gasteiger partial charge is 0.386 e. The second kappa shape index (κ2) is 3.20. The molecular formula is C12H20N2O2. The van der Waals surface area contributed by atoms with Crippen LogP contribution in [0, 0.1) is 11.3 Å². The van der Waals surface area contributed by atoms with E-state index in [1.54, 1.807) is 0 Å². The standard InChI is InChI=1S/C12H20N2O2/c1-11(4-5-13-6-11)10(15)14-7-12(16,8-14)9-2-3-9/h9,13,16H,2-8H2,1H3. The van der Waals surface area contributed by atoms with Gasteiger partial charge in [0, 0.05) is 6.54 Å². The molecule has 0 aromatic heterocycles. The highest BCUT2D eigenvalue weighted by Crippen LogP contribution is 2.45. The summed E-state index contributed by atoms with van der Waals surface area (Å²) in [5.74, 6) is 0.689. The maximum absolute atomic E-state index is 12.3. The first-order chi connectivity index (χ1) is 7.54. The molecule has 0 aromatic rings. The number of carbonyl (C=O) groups excluding carboxylic acids is 1. The molecule has 16 heavy (non-hydrogen) atoms. The Kier molecular flexibility index (Phi) is 2.11. The normalized spacial score (nSPS) is 37.2. The SMILES string of the molecule is CC1(C(=O)N2CC(O)(C3CC3)C2)CCNC1. The molecule has 2 heterocycles. The molecule has 0 radical (unpaired) electrons. The van der Waals surface area contributed by atoms with E-state index in [4.69, 9.17) is 0 Å². The van der Waals surface area contributed by atoms with Crippen LogP contribution in [-0.4, -0.2) is 47.7 Å². The fraction of sp³-hybridized carbons (Fsp3) is 0.917. The summed E-state index contributed by atoms with van der Waals surface area (Å²) >= 11 is 0. The van der Waals surface area contributed by atoms with Gasteiger partial charge in [-0.2, -0.15) is 0 Å². The van der Waals surface area contributed by atoms with Crippen LogP contribution < -0.4 is 5.32 Å². The Morgan fingerprint density at radius 1 is 1.44 bits per heavy atom. The molecule has 2 aliphatic heterocycles. The van der Waals surface area contributed by atoms with Gasteiger partial charge in [0.15, 0.2) is 0 Å². The fourth-order valence-electron chi connectivity index (χ4n) is 3.02. The van der Waals surface area contributed by atoms with E-state index in [2.05, 4.69) is 5.32 Å². The van der Waals surface area contributed by atoms with E-state index in [1.165, 1.54) is 0 Å². The number of nitrogens with one attached hydrogen (secondary N) is 1. The van der Waals surface area contributed by atoms with E-state index in [9.17, 15) is 9.90 Å². The zero-order valence-electron chi connectivity index (χ0n) is 9.83. The van der Waals surface area contributed by atoms with Crippen LogP contribution in [0.4, 0.5) is 0 Å². The third-order valence-electron chi connectivity index (χ3n) is 4.44. The number of β-amino-alcohol motifs (C(OH)–C–C–N with tert-alkyl or cyclic N) is 1. The third kappa shape index (κ3) is 1.47. The van der Waals surface area contributed by atoms with Crippen LogP contribution >= 0.6 is 0 Å². The van der Waals surface area contributed by atoms with Gasteiger partial charge in [-0.3, -0.25) is 4.79 Å². The van der Waals surface area contributed by atoms with Crippen molar-refractivity contribution in [2.45, 2.75) is 31.8 Å². The molecule has 0 aromatic carbocycles. The molecule has 1 aliphatic carbocycles. The van der Waals surface area contributed by atoms with Gasteiger partial charge < -0.3 is 15.3 Å². The molecule has 0 spiro atoms. The lowest BCUT2D eigenvalue weighted by atomic mass is 9.82. The van der Waals surface area contributed by atoms with Crippen LogP contribution in [0.25, 0.3) is 0 Å². The number of amides is 1. The first-order valence-electron chi connectivity index (χ1n) is 6.26. The number of nitrogens with zero attached hydrogens (tertiary/aromatic N) is 1. The lowest BCUT2D eigenvalue weighted by Gasteiger charge is -2.49. The van der Waals surface area contributed by atoms with Gasteiger partial charge in [0.1, 0.15) is 5.60 Å². The topological polar surface area (TPSA) is 52.6 Å². The van der Waals surface area contributed by atoms with E-state index in [-0.39, 0.29) is 11.3 Å². The first-order valence-corrected chi connectivity index (χ1v) is 6.26. The predicted molar refractivity (Wildman–Crippen MR) is 59.8 cm³/mol. The van der Waals surface area contributed by atoms with Crippen molar-refractivity contribution in [1.82, 2.24) is 10.2 Å². The van der Waals surface area contributed by atoms with Crippen molar-refractivity contribution in [1.29, 1.82) is 0 Å². The molecule has 2 saturated heterocycles. The van der Waals surface area contributed by atoms with Crippen LogP contribution in [0.1, 0.15) is 26.2 Å². The molecule has 4 heteroatoms. The average Bonchev–Trinajstić information content (AvgIpc) is 2.97. The molecule has 1 unspecified atom stereocenters. The van der Waals surface area contributed by atoms with Gasteiger partial charge in [-0.1, -0.05) is 0 Å². The molecule has 1 amide bonds. The first kappa shape index (κ1) is 10.5. The van der Waals surface area contributed by atoms with E-state index in [1.807, 2.05) is 11.8 Å². The predicted octanol–water partition coefficient (Wildman–Crippen LogP) is -0.0307.